The summed E-state index contributed by atoms with van der Waals surface area (Å²) in [7, 11) is -3.80. The summed E-state index contributed by atoms with van der Waals surface area (Å²) in [5.74, 6) is 0.231. The van der Waals surface area contributed by atoms with E-state index in [4.69, 9.17) is 21.6 Å². The van der Waals surface area contributed by atoms with Crippen molar-refractivity contribution < 1.29 is 17.9 Å². The minimum atomic E-state index is -3.80. The van der Waals surface area contributed by atoms with Crippen LogP contribution >= 0.6 is 11.6 Å². The van der Waals surface area contributed by atoms with E-state index in [2.05, 4.69) is 5.32 Å². The van der Waals surface area contributed by atoms with Gasteiger partial charge in [0.05, 0.1) is 5.02 Å². The van der Waals surface area contributed by atoms with Crippen molar-refractivity contribution in [2.24, 2.45) is 5.92 Å². The molecule has 1 aliphatic rings. The number of nitriles is 1. The van der Waals surface area contributed by atoms with Crippen LogP contribution < -0.4 is 10.1 Å². The number of hydrogen-bond donors (Lipinski definition) is 1. The van der Waals surface area contributed by atoms with Crippen LogP contribution in [0.1, 0.15) is 30.1 Å². The quantitative estimate of drug-likeness (QED) is 0.723. The molecule has 1 amide bonds. The number of hydrogen-bond acceptors (Lipinski definition) is 5. The Morgan fingerprint density at radius 3 is 2.87 bits per heavy atom. The number of benzene rings is 2. The normalized spacial score (nSPS) is 17.2. The van der Waals surface area contributed by atoms with E-state index in [1.54, 1.807) is 24.3 Å². The molecular formula is C21H22ClN3O4S. The summed E-state index contributed by atoms with van der Waals surface area (Å²) in [6.45, 7) is 2.78. The van der Waals surface area contributed by atoms with Crippen LogP contribution in [0.15, 0.2) is 47.4 Å². The Morgan fingerprint density at radius 2 is 2.13 bits per heavy atom. The average molecular weight is 448 g/mol. The molecule has 0 aromatic heterocycles. The fourth-order valence-electron chi connectivity index (χ4n) is 3.33. The monoisotopic (exact) mass is 447 g/mol. The zero-order valence-corrected chi connectivity index (χ0v) is 18.0. The second kappa shape index (κ2) is 9.47. The van der Waals surface area contributed by atoms with Gasteiger partial charge in [0.1, 0.15) is 16.7 Å². The molecule has 1 fully saturated rings. The van der Waals surface area contributed by atoms with E-state index in [0.717, 1.165) is 12.8 Å². The number of carbonyl (C=O) groups excluding carboxylic acids is 1. The zero-order valence-electron chi connectivity index (χ0n) is 16.5. The Kier molecular flexibility index (Phi) is 6.98. The van der Waals surface area contributed by atoms with Gasteiger partial charge in [-0.3, -0.25) is 4.79 Å². The van der Waals surface area contributed by atoms with Crippen LogP contribution in [0.4, 0.5) is 5.69 Å². The third-order valence-electron chi connectivity index (χ3n) is 4.83. The first-order valence-electron chi connectivity index (χ1n) is 9.52. The standard InChI is InChI=1S/C21H22ClN3O4S/c1-15-4-3-10-25(14-15)30(27,28)20-12-16(7-8-19(20)22)21(26)24-17-5-2-6-18(13-17)29-11-9-23/h2,5-8,12-13,15H,3-4,10-11,14H2,1H3,(H,24,26). The number of amides is 1. The number of nitrogens with zero attached hydrogens (tertiary/aromatic N) is 2. The highest BCUT2D eigenvalue weighted by Gasteiger charge is 2.30. The van der Waals surface area contributed by atoms with Crippen LogP contribution in [0.25, 0.3) is 0 Å². The average Bonchev–Trinajstić information content (AvgIpc) is 2.72. The summed E-state index contributed by atoms with van der Waals surface area (Å²) in [5.41, 5.74) is 0.631. The third kappa shape index (κ3) is 5.11. The molecule has 0 aliphatic carbocycles. The van der Waals surface area contributed by atoms with E-state index < -0.39 is 15.9 Å². The number of sulfonamides is 1. The van der Waals surface area contributed by atoms with Gasteiger partial charge >= 0.3 is 0 Å². The molecule has 1 N–H and O–H groups in total. The second-order valence-electron chi connectivity index (χ2n) is 7.18. The highest BCUT2D eigenvalue weighted by Crippen LogP contribution is 2.29. The van der Waals surface area contributed by atoms with E-state index in [-0.39, 0.29) is 28.0 Å². The molecule has 1 unspecified atom stereocenters. The molecule has 3 rings (SSSR count). The fourth-order valence-corrected chi connectivity index (χ4v) is 5.43. The summed E-state index contributed by atoms with van der Waals surface area (Å²) in [4.78, 5) is 12.6. The van der Waals surface area contributed by atoms with Gasteiger partial charge in [-0.1, -0.05) is 24.6 Å². The van der Waals surface area contributed by atoms with Crippen molar-refractivity contribution in [3.63, 3.8) is 0 Å². The molecule has 0 saturated carbocycles. The molecule has 158 valence electrons. The van der Waals surface area contributed by atoms with Gasteiger partial charge in [-0.15, -0.1) is 0 Å². The van der Waals surface area contributed by atoms with Crippen LogP contribution in [0.5, 0.6) is 5.75 Å². The van der Waals surface area contributed by atoms with Gasteiger partial charge in [0.15, 0.2) is 6.61 Å². The second-order valence-corrected chi connectivity index (χ2v) is 9.50. The molecule has 1 aliphatic heterocycles. The Labute approximate surface area is 181 Å². The smallest absolute Gasteiger partial charge is 0.255 e. The lowest BCUT2D eigenvalue weighted by Gasteiger charge is -2.30. The van der Waals surface area contributed by atoms with Gasteiger partial charge in [0.25, 0.3) is 5.91 Å². The maximum Gasteiger partial charge on any atom is 0.255 e. The Bertz CT molecular complexity index is 1080. The predicted octanol–water partition coefficient (Wildman–Crippen LogP) is 3.92. The largest absolute Gasteiger partial charge is 0.479 e. The number of anilines is 1. The lowest BCUT2D eigenvalue weighted by atomic mass is 10.0. The highest BCUT2D eigenvalue weighted by molar-refractivity contribution is 7.89. The van der Waals surface area contributed by atoms with Gasteiger partial charge in [-0.25, -0.2) is 8.42 Å². The number of piperidine rings is 1. The Hall–Kier alpha value is -2.60. The lowest BCUT2D eigenvalue weighted by Crippen LogP contribution is -2.39. The molecule has 1 atom stereocenters. The van der Waals surface area contributed by atoms with Crippen molar-refractivity contribution in [2.75, 3.05) is 25.0 Å². The molecule has 1 saturated heterocycles. The summed E-state index contributed by atoms with van der Waals surface area (Å²) in [5, 5.41) is 11.4. The molecule has 0 radical (unpaired) electrons. The van der Waals surface area contributed by atoms with E-state index >= 15 is 0 Å². The SMILES string of the molecule is CC1CCCN(S(=O)(=O)c2cc(C(=O)Nc3cccc(OCC#N)c3)ccc2Cl)C1. The van der Waals surface area contributed by atoms with Gasteiger partial charge in [-0.2, -0.15) is 9.57 Å². The summed E-state index contributed by atoms with van der Waals surface area (Å²) in [6, 6.07) is 12.7. The van der Waals surface area contributed by atoms with Crippen molar-refractivity contribution in [1.29, 1.82) is 5.26 Å². The first-order valence-corrected chi connectivity index (χ1v) is 11.3. The van der Waals surface area contributed by atoms with Crippen molar-refractivity contribution in [3.8, 4) is 11.8 Å². The Morgan fingerprint density at radius 1 is 1.33 bits per heavy atom. The number of halogens is 1. The summed E-state index contributed by atoms with van der Waals surface area (Å²) < 4.78 is 32.9. The van der Waals surface area contributed by atoms with Crippen molar-refractivity contribution in [2.45, 2.75) is 24.7 Å². The molecule has 1 heterocycles. The first kappa shape index (κ1) is 22.1. The number of nitrogens with one attached hydrogen (secondary N) is 1. The van der Waals surface area contributed by atoms with Crippen LogP contribution in [-0.2, 0) is 10.0 Å². The highest BCUT2D eigenvalue weighted by atomic mass is 35.5. The van der Waals surface area contributed by atoms with Crippen molar-refractivity contribution in [3.05, 3.63) is 53.1 Å². The van der Waals surface area contributed by atoms with Crippen LogP contribution in [0.2, 0.25) is 5.02 Å². The maximum atomic E-state index is 13.1. The number of ether oxygens (including phenoxy) is 1. The molecule has 30 heavy (non-hydrogen) atoms. The Balaban J connectivity index is 1.82. The van der Waals surface area contributed by atoms with E-state index in [1.807, 2.05) is 13.0 Å². The van der Waals surface area contributed by atoms with Crippen molar-refractivity contribution in [1.82, 2.24) is 4.31 Å². The fraction of sp³-hybridized carbons (Fsp3) is 0.333. The van der Waals surface area contributed by atoms with Gasteiger partial charge in [0, 0.05) is 30.4 Å². The third-order valence-corrected chi connectivity index (χ3v) is 7.17. The lowest BCUT2D eigenvalue weighted by molar-refractivity contribution is 0.102. The summed E-state index contributed by atoms with van der Waals surface area (Å²) in [6.07, 6.45) is 1.78. The topological polar surface area (TPSA) is 99.5 Å². The number of rotatable bonds is 6. The molecule has 9 heteroatoms. The van der Waals surface area contributed by atoms with Crippen LogP contribution in [0.3, 0.4) is 0 Å². The van der Waals surface area contributed by atoms with Crippen LogP contribution in [0, 0.1) is 17.2 Å². The van der Waals surface area contributed by atoms with Gasteiger partial charge in [0.2, 0.25) is 10.0 Å². The minimum Gasteiger partial charge on any atom is -0.479 e. The van der Waals surface area contributed by atoms with E-state index in [1.165, 1.54) is 22.5 Å². The maximum absolute atomic E-state index is 13.1. The molecule has 0 spiro atoms. The van der Waals surface area contributed by atoms with Crippen molar-refractivity contribution >= 4 is 33.2 Å². The number of carbonyl (C=O) groups is 1. The molecule has 2 aromatic carbocycles. The zero-order chi connectivity index (χ0) is 21.7. The summed E-state index contributed by atoms with van der Waals surface area (Å²) >= 11 is 6.19. The van der Waals surface area contributed by atoms with Crippen LogP contribution in [-0.4, -0.2) is 38.3 Å². The van der Waals surface area contributed by atoms with E-state index in [9.17, 15) is 13.2 Å². The van der Waals surface area contributed by atoms with E-state index in [0.29, 0.717) is 24.5 Å². The predicted molar refractivity (Wildman–Crippen MR) is 114 cm³/mol. The molecular weight excluding hydrogens is 426 g/mol. The van der Waals surface area contributed by atoms with Gasteiger partial charge in [-0.05, 0) is 49.1 Å². The molecule has 2 aromatic rings. The first-order chi connectivity index (χ1) is 14.3. The molecule has 7 nitrogen and oxygen atoms in total. The minimum absolute atomic E-state index is 0.0722. The van der Waals surface area contributed by atoms with Gasteiger partial charge < -0.3 is 10.1 Å². The molecule has 0 bridgehead atoms.